The molecule has 0 unspecified atom stereocenters. The van der Waals surface area contributed by atoms with Crippen molar-refractivity contribution >= 4 is 50.5 Å². The Balaban J connectivity index is 1.67. The maximum absolute atomic E-state index is 11.7. The molecule has 3 nitrogen and oxygen atoms in total. The molecule has 0 aliphatic rings. The molecule has 0 radical (unpaired) electrons. The highest BCUT2D eigenvalue weighted by Gasteiger charge is 2.03. The molecule has 0 spiro atoms. The van der Waals surface area contributed by atoms with Crippen LogP contribution in [0.5, 0.6) is 0 Å². The summed E-state index contributed by atoms with van der Waals surface area (Å²) in [7, 11) is 0. The Hall–Kier alpha value is -0.880. The summed E-state index contributed by atoms with van der Waals surface area (Å²) < 4.78 is 1.74. The zero-order valence-electron chi connectivity index (χ0n) is 10.7. The van der Waals surface area contributed by atoms with Gasteiger partial charge in [0.05, 0.1) is 10.9 Å². The highest BCUT2D eigenvalue weighted by Crippen LogP contribution is 2.21. The van der Waals surface area contributed by atoms with E-state index in [1.807, 2.05) is 36.4 Å². The van der Waals surface area contributed by atoms with Crippen molar-refractivity contribution in [1.29, 1.82) is 0 Å². The number of hydrogen-bond donors (Lipinski definition) is 2. The summed E-state index contributed by atoms with van der Waals surface area (Å²) in [5.41, 5.74) is 0.788. The van der Waals surface area contributed by atoms with Crippen LogP contribution in [-0.4, -0.2) is 19.0 Å². The maximum atomic E-state index is 11.7. The third-order valence-corrected chi connectivity index (χ3v) is 4.36. The molecule has 2 rings (SSSR count). The summed E-state index contributed by atoms with van der Waals surface area (Å²) in [5.74, 6) is -0.0488. The van der Waals surface area contributed by atoms with Crippen LogP contribution in [-0.2, 0) is 11.2 Å². The molecule has 6 heteroatoms. The molecule has 0 saturated heterocycles. The van der Waals surface area contributed by atoms with Gasteiger partial charge in [-0.1, -0.05) is 33.6 Å². The summed E-state index contributed by atoms with van der Waals surface area (Å²) in [6, 6.07) is 11.4. The number of rotatable bonds is 6. The van der Waals surface area contributed by atoms with Crippen LogP contribution < -0.4 is 10.6 Å². The molecule has 1 aromatic heterocycles. The first kappa shape index (κ1) is 15.5. The second-order valence-corrected chi connectivity index (χ2v) is 6.91. The summed E-state index contributed by atoms with van der Waals surface area (Å²) >= 11 is 10.8. The predicted molar refractivity (Wildman–Crippen MR) is 88.7 cm³/mol. The normalized spacial score (nSPS) is 10.5. The van der Waals surface area contributed by atoms with Gasteiger partial charge in [0.25, 0.3) is 0 Å². The Morgan fingerprint density at radius 1 is 1.30 bits per heavy atom. The smallest absolute Gasteiger partial charge is 0.238 e. The van der Waals surface area contributed by atoms with Gasteiger partial charge >= 0.3 is 0 Å². The number of carbonyl (C=O) groups is 1. The van der Waals surface area contributed by atoms with Gasteiger partial charge in [0.2, 0.25) is 5.91 Å². The minimum Gasteiger partial charge on any atom is -0.325 e. The van der Waals surface area contributed by atoms with Crippen LogP contribution in [0.3, 0.4) is 0 Å². The van der Waals surface area contributed by atoms with Gasteiger partial charge in [0.15, 0.2) is 0 Å². The number of carbonyl (C=O) groups excluding carboxylic acids is 1. The molecule has 1 aromatic carbocycles. The van der Waals surface area contributed by atoms with Crippen LogP contribution in [0.25, 0.3) is 0 Å². The lowest BCUT2D eigenvalue weighted by molar-refractivity contribution is -0.115. The summed E-state index contributed by atoms with van der Waals surface area (Å²) in [6.07, 6.45) is 0.877. The fourth-order valence-corrected chi connectivity index (χ4v) is 3.16. The van der Waals surface area contributed by atoms with Crippen LogP contribution in [0.1, 0.15) is 4.88 Å². The number of amides is 1. The lowest BCUT2D eigenvalue weighted by Crippen LogP contribution is -2.29. The topological polar surface area (TPSA) is 41.1 Å². The number of benzene rings is 1. The van der Waals surface area contributed by atoms with Crippen molar-refractivity contribution in [3.8, 4) is 0 Å². The molecule has 0 bridgehead atoms. The Kier molecular flexibility index (Phi) is 6.04. The van der Waals surface area contributed by atoms with Gasteiger partial charge in [0.1, 0.15) is 0 Å². The molecule has 0 aliphatic heterocycles. The summed E-state index contributed by atoms with van der Waals surface area (Å²) in [6.45, 7) is 1.05. The summed E-state index contributed by atoms with van der Waals surface area (Å²) in [5, 5.41) is 5.95. The van der Waals surface area contributed by atoms with Gasteiger partial charge in [-0.3, -0.25) is 4.79 Å². The van der Waals surface area contributed by atoms with Gasteiger partial charge < -0.3 is 10.6 Å². The third-order valence-electron chi connectivity index (χ3n) is 2.57. The van der Waals surface area contributed by atoms with E-state index in [-0.39, 0.29) is 5.91 Å². The van der Waals surface area contributed by atoms with Crippen molar-refractivity contribution in [2.24, 2.45) is 0 Å². The molecule has 2 aromatic rings. The molecule has 1 heterocycles. The van der Waals surface area contributed by atoms with Crippen LogP contribution >= 0.6 is 38.9 Å². The lowest BCUT2D eigenvalue weighted by atomic mass is 10.3. The first-order valence-corrected chi connectivity index (χ1v) is 8.12. The fraction of sp³-hybridized carbons (Fsp3) is 0.214. The van der Waals surface area contributed by atoms with E-state index in [1.54, 1.807) is 11.3 Å². The van der Waals surface area contributed by atoms with E-state index in [9.17, 15) is 4.79 Å². The number of halogens is 2. The zero-order chi connectivity index (χ0) is 14.4. The quantitative estimate of drug-likeness (QED) is 0.753. The van der Waals surface area contributed by atoms with Crippen molar-refractivity contribution < 1.29 is 4.79 Å². The molecule has 0 atom stereocenters. The average molecular weight is 374 g/mol. The highest BCUT2D eigenvalue weighted by atomic mass is 79.9. The van der Waals surface area contributed by atoms with Crippen molar-refractivity contribution in [3.05, 3.63) is 50.1 Å². The van der Waals surface area contributed by atoms with Crippen LogP contribution in [0.2, 0.25) is 4.34 Å². The highest BCUT2D eigenvalue weighted by molar-refractivity contribution is 9.10. The molecular weight excluding hydrogens is 360 g/mol. The fourth-order valence-electron chi connectivity index (χ4n) is 1.67. The first-order valence-electron chi connectivity index (χ1n) is 6.14. The average Bonchev–Trinajstić information content (AvgIpc) is 2.80. The van der Waals surface area contributed by atoms with Crippen LogP contribution in [0.15, 0.2) is 40.9 Å². The van der Waals surface area contributed by atoms with Gasteiger partial charge in [-0.05, 0) is 36.8 Å². The van der Waals surface area contributed by atoms with E-state index >= 15 is 0 Å². The van der Waals surface area contributed by atoms with Gasteiger partial charge in [0, 0.05) is 21.6 Å². The van der Waals surface area contributed by atoms with Crippen molar-refractivity contribution in [3.63, 3.8) is 0 Å². The van der Waals surface area contributed by atoms with E-state index in [2.05, 4.69) is 26.6 Å². The van der Waals surface area contributed by atoms with Crippen molar-refractivity contribution in [2.45, 2.75) is 6.42 Å². The zero-order valence-corrected chi connectivity index (χ0v) is 13.8. The Morgan fingerprint density at radius 2 is 2.15 bits per heavy atom. The Labute approximate surface area is 135 Å². The molecule has 1 amide bonds. The van der Waals surface area contributed by atoms with E-state index in [4.69, 9.17) is 11.6 Å². The minimum atomic E-state index is -0.0488. The molecule has 2 N–H and O–H groups in total. The summed E-state index contributed by atoms with van der Waals surface area (Å²) in [4.78, 5) is 12.9. The van der Waals surface area contributed by atoms with E-state index in [0.717, 1.165) is 27.5 Å². The van der Waals surface area contributed by atoms with Crippen LogP contribution in [0, 0.1) is 0 Å². The van der Waals surface area contributed by atoms with Crippen molar-refractivity contribution in [1.82, 2.24) is 5.32 Å². The number of hydrogen-bond acceptors (Lipinski definition) is 3. The maximum Gasteiger partial charge on any atom is 0.238 e. The molecule has 0 aliphatic carbocycles. The number of nitrogens with one attached hydrogen (secondary N) is 2. The second kappa shape index (κ2) is 7.78. The van der Waals surface area contributed by atoms with E-state index < -0.39 is 0 Å². The number of thiophene rings is 1. The Morgan fingerprint density at radius 3 is 2.85 bits per heavy atom. The van der Waals surface area contributed by atoms with Gasteiger partial charge in [-0.25, -0.2) is 0 Å². The Bertz CT molecular complexity index is 588. The molecule has 0 saturated carbocycles. The van der Waals surface area contributed by atoms with Gasteiger partial charge in [-0.2, -0.15) is 0 Å². The van der Waals surface area contributed by atoms with E-state index in [1.165, 1.54) is 4.88 Å². The predicted octanol–water partition coefficient (Wildman–Crippen LogP) is 3.93. The molecule has 0 fully saturated rings. The van der Waals surface area contributed by atoms with Crippen LogP contribution in [0.4, 0.5) is 5.69 Å². The SMILES string of the molecule is O=C(CNCCc1ccc(Cl)s1)Nc1cccc(Br)c1. The van der Waals surface area contributed by atoms with Gasteiger partial charge in [-0.15, -0.1) is 11.3 Å². The number of anilines is 1. The van der Waals surface area contributed by atoms with E-state index in [0.29, 0.717) is 6.54 Å². The standard InChI is InChI=1S/C14H14BrClN2OS/c15-10-2-1-3-11(8-10)18-14(19)9-17-7-6-12-4-5-13(16)20-12/h1-5,8,17H,6-7,9H2,(H,18,19). The van der Waals surface area contributed by atoms with Crippen molar-refractivity contribution in [2.75, 3.05) is 18.4 Å². The first-order chi connectivity index (χ1) is 9.63. The largest absolute Gasteiger partial charge is 0.325 e. The molecule has 106 valence electrons. The second-order valence-electron chi connectivity index (χ2n) is 4.19. The monoisotopic (exact) mass is 372 g/mol. The molecular formula is C14H14BrClN2OS. The third kappa shape index (κ3) is 5.25. The minimum absolute atomic E-state index is 0.0488. The lowest BCUT2D eigenvalue weighted by Gasteiger charge is -2.06. The molecule has 20 heavy (non-hydrogen) atoms.